The molecule has 118 valence electrons. The normalized spacial score (nSPS) is 16.4. The maximum absolute atomic E-state index is 11.6. The van der Waals surface area contributed by atoms with Crippen molar-refractivity contribution in [2.75, 3.05) is 7.05 Å². The Morgan fingerprint density at radius 3 is 2.87 bits per heavy atom. The zero-order valence-electron chi connectivity index (χ0n) is 12.4. The number of rotatable bonds is 3. The number of phenolic OH excluding ortho intramolecular Hbond substituents is 1. The molecule has 1 aromatic carbocycles. The predicted molar refractivity (Wildman–Crippen MR) is 82.2 cm³/mol. The van der Waals surface area contributed by atoms with Crippen molar-refractivity contribution in [3.63, 3.8) is 0 Å². The lowest BCUT2D eigenvalue weighted by molar-refractivity contribution is 0.0855. The molecule has 2 N–H and O–H groups in total. The van der Waals surface area contributed by atoms with Crippen LogP contribution < -0.4 is 10.1 Å². The fourth-order valence-electron chi connectivity index (χ4n) is 2.16. The number of aromatic hydroxyl groups is 1. The predicted octanol–water partition coefficient (Wildman–Crippen LogP) is 2.00. The molecule has 1 aliphatic rings. The summed E-state index contributed by atoms with van der Waals surface area (Å²) in [5.74, 6) is 0.773. The second-order valence-electron chi connectivity index (χ2n) is 4.97. The number of nitrogens with zero attached hydrogens (tertiary/aromatic N) is 2. The average Bonchev–Trinajstić information content (AvgIpc) is 3.03. The van der Waals surface area contributed by atoms with E-state index < -0.39 is 0 Å². The lowest BCUT2D eigenvalue weighted by atomic mass is 10.1. The monoisotopic (exact) mass is 313 g/mol. The SMILES string of the molecule is CNC(=O)c1cncc(OC2=NO[C@H](c3ccc(O)cc3)C2)c1. The summed E-state index contributed by atoms with van der Waals surface area (Å²) in [6.07, 6.45) is 3.15. The summed E-state index contributed by atoms with van der Waals surface area (Å²) >= 11 is 0. The largest absolute Gasteiger partial charge is 0.508 e. The number of carbonyl (C=O) groups excluding carboxylic acids is 1. The van der Waals surface area contributed by atoms with Crippen LogP contribution >= 0.6 is 0 Å². The van der Waals surface area contributed by atoms with Gasteiger partial charge in [0.1, 0.15) is 11.5 Å². The molecule has 0 saturated carbocycles. The molecule has 2 aromatic rings. The molecule has 0 fully saturated rings. The standard InChI is InChI=1S/C16H15N3O4/c1-17-16(21)11-6-13(9-18-8-11)22-15-7-14(23-19-15)10-2-4-12(20)5-3-10/h2-6,8-9,14,20H,7H2,1H3,(H,17,21)/t14-/m0/s1. The first-order chi connectivity index (χ1) is 11.2. The molecule has 0 bridgehead atoms. The minimum atomic E-state index is -0.263. The molecule has 3 rings (SSSR count). The van der Waals surface area contributed by atoms with Crippen LogP contribution in [-0.2, 0) is 4.84 Å². The fraction of sp³-hybridized carbons (Fsp3) is 0.188. The van der Waals surface area contributed by atoms with Crippen LogP contribution in [0.2, 0.25) is 0 Å². The van der Waals surface area contributed by atoms with Crippen LogP contribution in [0.4, 0.5) is 0 Å². The number of nitrogens with one attached hydrogen (secondary N) is 1. The van der Waals surface area contributed by atoms with Gasteiger partial charge in [0, 0.05) is 13.2 Å². The van der Waals surface area contributed by atoms with E-state index in [0.717, 1.165) is 5.56 Å². The van der Waals surface area contributed by atoms with Crippen molar-refractivity contribution in [3.8, 4) is 11.5 Å². The van der Waals surface area contributed by atoms with E-state index in [0.29, 0.717) is 23.6 Å². The number of amides is 1. The van der Waals surface area contributed by atoms with Crippen LogP contribution in [-0.4, -0.2) is 28.9 Å². The number of oxime groups is 1. The van der Waals surface area contributed by atoms with E-state index in [1.807, 2.05) is 0 Å². The average molecular weight is 313 g/mol. The van der Waals surface area contributed by atoms with Gasteiger partial charge in [-0.05, 0) is 23.8 Å². The summed E-state index contributed by atoms with van der Waals surface area (Å²) in [6.45, 7) is 0. The second-order valence-corrected chi connectivity index (χ2v) is 4.97. The van der Waals surface area contributed by atoms with Crippen molar-refractivity contribution in [1.29, 1.82) is 0 Å². The van der Waals surface area contributed by atoms with Gasteiger partial charge >= 0.3 is 0 Å². The number of hydrogen-bond acceptors (Lipinski definition) is 6. The second kappa shape index (κ2) is 6.35. The van der Waals surface area contributed by atoms with Crippen LogP contribution in [0.15, 0.2) is 47.9 Å². The van der Waals surface area contributed by atoms with Gasteiger partial charge in [0.2, 0.25) is 5.90 Å². The Kier molecular flexibility index (Phi) is 4.09. The van der Waals surface area contributed by atoms with E-state index in [2.05, 4.69) is 15.5 Å². The minimum absolute atomic E-state index is 0.196. The molecule has 1 amide bonds. The summed E-state index contributed by atoms with van der Waals surface area (Å²) in [6, 6.07) is 8.31. The molecule has 0 spiro atoms. The van der Waals surface area contributed by atoms with E-state index in [1.54, 1.807) is 37.4 Å². The van der Waals surface area contributed by atoms with Crippen LogP contribution in [0.25, 0.3) is 0 Å². The highest BCUT2D eigenvalue weighted by atomic mass is 16.7. The Balaban J connectivity index is 1.66. The van der Waals surface area contributed by atoms with Crippen molar-refractivity contribution in [2.45, 2.75) is 12.5 Å². The maximum Gasteiger partial charge on any atom is 0.252 e. The highest BCUT2D eigenvalue weighted by Gasteiger charge is 2.24. The third kappa shape index (κ3) is 3.39. The molecule has 1 aliphatic heterocycles. The van der Waals surface area contributed by atoms with Gasteiger partial charge in [-0.3, -0.25) is 9.78 Å². The van der Waals surface area contributed by atoms with Gasteiger partial charge in [-0.25, -0.2) is 0 Å². The van der Waals surface area contributed by atoms with Gasteiger partial charge in [-0.1, -0.05) is 17.3 Å². The number of ether oxygens (including phenoxy) is 1. The molecular weight excluding hydrogens is 298 g/mol. The van der Waals surface area contributed by atoms with Gasteiger partial charge in [-0.2, -0.15) is 0 Å². The van der Waals surface area contributed by atoms with Gasteiger partial charge in [0.25, 0.3) is 5.91 Å². The Morgan fingerprint density at radius 2 is 2.13 bits per heavy atom. The van der Waals surface area contributed by atoms with Crippen LogP contribution in [0.3, 0.4) is 0 Å². The zero-order chi connectivity index (χ0) is 16.2. The van der Waals surface area contributed by atoms with Crippen molar-refractivity contribution in [2.24, 2.45) is 5.16 Å². The Morgan fingerprint density at radius 1 is 1.35 bits per heavy atom. The van der Waals surface area contributed by atoms with E-state index >= 15 is 0 Å². The first kappa shape index (κ1) is 14.8. The van der Waals surface area contributed by atoms with Gasteiger partial charge in [0.05, 0.1) is 18.2 Å². The number of benzene rings is 1. The number of pyridine rings is 1. The molecule has 0 aliphatic carbocycles. The molecule has 0 unspecified atom stereocenters. The van der Waals surface area contributed by atoms with Crippen LogP contribution in [0.1, 0.15) is 28.4 Å². The van der Waals surface area contributed by atoms with E-state index in [9.17, 15) is 9.90 Å². The highest BCUT2D eigenvalue weighted by molar-refractivity contribution is 5.94. The van der Waals surface area contributed by atoms with Crippen molar-refractivity contribution >= 4 is 11.8 Å². The van der Waals surface area contributed by atoms with Crippen molar-refractivity contribution in [3.05, 3.63) is 53.9 Å². The highest BCUT2D eigenvalue weighted by Crippen LogP contribution is 2.29. The molecule has 2 heterocycles. The molecule has 1 atom stereocenters. The Bertz CT molecular complexity index is 743. The first-order valence-electron chi connectivity index (χ1n) is 7.02. The number of carbonyl (C=O) groups is 1. The summed E-state index contributed by atoms with van der Waals surface area (Å²) in [5.41, 5.74) is 1.29. The molecule has 7 heteroatoms. The van der Waals surface area contributed by atoms with Gasteiger partial charge < -0.3 is 20.0 Å². The van der Waals surface area contributed by atoms with Crippen molar-refractivity contribution in [1.82, 2.24) is 10.3 Å². The van der Waals surface area contributed by atoms with Crippen molar-refractivity contribution < 1.29 is 19.5 Å². The lowest BCUT2D eigenvalue weighted by Crippen LogP contribution is -2.18. The smallest absolute Gasteiger partial charge is 0.252 e. The van der Waals surface area contributed by atoms with E-state index in [4.69, 9.17) is 9.57 Å². The van der Waals surface area contributed by atoms with Gasteiger partial charge in [0.15, 0.2) is 6.10 Å². The van der Waals surface area contributed by atoms with E-state index in [-0.39, 0.29) is 17.8 Å². The quantitative estimate of drug-likeness (QED) is 0.904. The number of hydrogen-bond donors (Lipinski definition) is 2. The third-order valence-electron chi connectivity index (χ3n) is 3.34. The fourth-order valence-corrected chi connectivity index (χ4v) is 2.16. The topological polar surface area (TPSA) is 93.0 Å². The van der Waals surface area contributed by atoms with E-state index in [1.165, 1.54) is 12.4 Å². The molecule has 1 aromatic heterocycles. The number of aromatic nitrogens is 1. The first-order valence-corrected chi connectivity index (χ1v) is 7.02. The summed E-state index contributed by atoms with van der Waals surface area (Å²) in [4.78, 5) is 20.9. The van der Waals surface area contributed by atoms with Gasteiger partial charge in [-0.15, -0.1) is 0 Å². The molecule has 0 saturated heterocycles. The molecular formula is C16H15N3O4. The van der Waals surface area contributed by atoms with Crippen LogP contribution in [0.5, 0.6) is 11.5 Å². The lowest BCUT2D eigenvalue weighted by Gasteiger charge is -2.08. The summed E-state index contributed by atoms with van der Waals surface area (Å²) in [5, 5.41) is 15.7. The molecule has 7 nitrogen and oxygen atoms in total. The van der Waals surface area contributed by atoms with Crippen LogP contribution in [0, 0.1) is 0 Å². The number of phenols is 1. The Labute approximate surface area is 132 Å². The third-order valence-corrected chi connectivity index (χ3v) is 3.34. The maximum atomic E-state index is 11.6. The Hall–Kier alpha value is -3.09. The summed E-state index contributed by atoms with van der Waals surface area (Å²) in [7, 11) is 1.55. The minimum Gasteiger partial charge on any atom is -0.508 e. The zero-order valence-corrected chi connectivity index (χ0v) is 12.4. The summed E-state index contributed by atoms with van der Waals surface area (Å²) < 4.78 is 5.62. The molecule has 0 radical (unpaired) electrons. The molecule has 23 heavy (non-hydrogen) atoms.